The van der Waals surface area contributed by atoms with Crippen molar-refractivity contribution in [2.45, 2.75) is 26.2 Å². The van der Waals surface area contributed by atoms with E-state index in [1.807, 2.05) is 23.3 Å². The molecule has 0 bridgehead atoms. The molecular weight excluding hydrogens is 262 g/mol. The SMILES string of the molecule is CCCN(CCc1cccs1)C(=O)C1CC1C(=O)O. The number of rotatable bonds is 7. The normalized spacial score (nSPS) is 21.1. The number of hydrogen-bond donors (Lipinski definition) is 1. The summed E-state index contributed by atoms with van der Waals surface area (Å²) in [4.78, 5) is 26.2. The fraction of sp³-hybridized carbons (Fsp3) is 0.571. The zero-order valence-electron chi connectivity index (χ0n) is 11.0. The minimum Gasteiger partial charge on any atom is -0.481 e. The third-order valence-electron chi connectivity index (χ3n) is 3.44. The fourth-order valence-electron chi connectivity index (χ4n) is 2.28. The number of aliphatic carboxylic acids is 1. The first-order valence-electron chi connectivity index (χ1n) is 6.67. The van der Waals surface area contributed by atoms with Gasteiger partial charge in [0.1, 0.15) is 0 Å². The molecule has 2 atom stereocenters. The summed E-state index contributed by atoms with van der Waals surface area (Å²) in [5.41, 5.74) is 0. The van der Waals surface area contributed by atoms with Crippen molar-refractivity contribution in [3.8, 4) is 0 Å². The van der Waals surface area contributed by atoms with E-state index in [9.17, 15) is 9.59 Å². The van der Waals surface area contributed by atoms with Gasteiger partial charge in [0.25, 0.3) is 0 Å². The van der Waals surface area contributed by atoms with Crippen LogP contribution in [0.2, 0.25) is 0 Å². The number of thiophene rings is 1. The van der Waals surface area contributed by atoms with Crippen LogP contribution >= 0.6 is 11.3 Å². The maximum absolute atomic E-state index is 12.2. The Labute approximate surface area is 117 Å². The Morgan fingerprint density at radius 2 is 2.21 bits per heavy atom. The topological polar surface area (TPSA) is 57.6 Å². The van der Waals surface area contributed by atoms with Crippen LogP contribution in [0.4, 0.5) is 0 Å². The van der Waals surface area contributed by atoms with Gasteiger partial charge in [0.05, 0.1) is 11.8 Å². The molecule has 0 spiro atoms. The van der Waals surface area contributed by atoms with E-state index in [2.05, 4.69) is 6.07 Å². The summed E-state index contributed by atoms with van der Waals surface area (Å²) in [6.07, 6.45) is 2.27. The van der Waals surface area contributed by atoms with Crippen molar-refractivity contribution >= 4 is 23.2 Å². The summed E-state index contributed by atoms with van der Waals surface area (Å²) < 4.78 is 0. The maximum atomic E-state index is 12.2. The first kappa shape index (κ1) is 14.1. The molecule has 2 unspecified atom stereocenters. The molecule has 0 saturated heterocycles. The van der Waals surface area contributed by atoms with Crippen LogP contribution in [0.25, 0.3) is 0 Å². The van der Waals surface area contributed by atoms with Gasteiger partial charge in [-0.05, 0) is 30.7 Å². The molecule has 1 aliphatic carbocycles. The molecule has 1 aromatic heterocycles. The summed E-state index contributed by atoms with van der Waals surface area (Å²) in [6.45, 7) is 3.44. The van der Waals surface area contributed by atoms with E-state index >= 15 is 0 Å². The molecule has 1 aromatic rings. The molecular formula is C14H19NO3S. The van der Waals surface area contributed by atoms with Gasteiger partial charge >= 0.3 is 5.97 Å². The Morgan fingerprint density at radius 3 is 2.74 bits per heavy atom. The molecule has 104 valence electrons. The highest BCUT2D eigenvalue weighted by Gasteiger charge is 2.49. The van der Waals surface area contributed by atoms with Crippen LogP contribution in [0.15, 0.2) is 17.5 Å². The van der Waals surface area contributed by atoms with Gasteiger partial charge in [-0.15, -0.1) is 11.3 Å². The molecule has 2 rings (SSSR count). The third kappa shape index (κ3) is 3.56. The number of carboxylic acids is 1. The predicted molar refractivity (Wildman–Crippen MR) is 74.1 cm³/mol. The number of carbonyl (C=O) groups excluding carboxylic acids is 1. The Balaban J connectivity index is 1.88. The standard InChI is InChI=1S/C14H19NO3S/c1-2-6-15(7-5-10-4-3-8-19-10)13(16)11-9-12(11)14(17)18/h3-4,8,11-12H,2,5-7,9H2,1H3,(H,17,18). The predicted octanol–water partition coefficient (Wildman–Crippen LogP) is 2.25. The summed E-state index contributed by atoms with van der Waals surface area (Å²) in [5, 5.41) is 10.9. The van der Waals surface area contributed by atoms with E-state index in [0.29, 0.717) is 19.5 Å². The lowest BCUT2D eigenvalue weighted by atomic mass is 10.2. The summed E-state index contributed by atoms with van der Waals surface area (Å²) in [5.74, 6) is -1.56. The molecule has 1 heterocycles. The highest BCUT2D eigenvalue weighted by molar-refractivity contribution is 7.09. The van der Waals surface area contributed by atoms with Crippen LogP contribution in [0.5, 0.6) is 0 Å². The molecule has 1 fully saturated rings. The molecule has 19 heavy (non-hydrogen) atoms. The van der Waals surface area contributed by atoms with E-state index in [1.165, 1.54) is 4.88 Å². The summed E-state index contributed by atoms with van der Waals surface area (Å²) in [7, 11) is 0. The first-order valence-corrected chi connectivity index (χ1v) is 7.55. The Bertz CT molecular complexity index is 444. The van der Waals surface area contributed by atoms with Gasteiger partial charge in [0.15, 0.2) is 0 Å². The van der Waals surface area contributed by atoms with Gasteiger partial charge < -0.3 is 10.0 Å². The largest absolute Gasteiger partial charge is 0.481 e. The number of carboxylic acid groups (broad SMARTS) is 1. The third-order valence-corrected chi connectivity index (χ3v) is 4.37. The Morgan fingerprint density at radius 1 is 1.42 bits per heavy atom. The van der Waals surface area contributed by atoms with Gasteiger partial charge in [-0.25, -0.2) is 0 Å². The van der Waals surface area contributed by atoms with Crippen molar-refractivity contribution in [2.75, 3.05) is 13.1 Å². The monoisotopic (exact) mass is 281 g/mol. The van der Waals surface area contributed by atoms with Crippen molar-refractivity contribution in [3.63, 3.8) is 0 Å². The molecule has 1 aliphatic rings. The number of nitrogens with zero attached hydrogens (tertiary/aromatic N) is 1. The van der Waals surface area contributed by atoms with Gasteiger partial charge in [-0.1, -0.05) is 13.0 Å². The van der Waals surface area contributed by atoms with Crippen LogP contribution in [-0.2, 0) is 16.0 Å². The van der Waals surface area contributed by atoms with Gasteiger partial charge in [-0.3, -0.25) is 9.59 Å². The number of amides is 1. The van der Waals surface area contributed by atoms with E-state index in [4.69, 9.17) is 5.11 Å². The molecule has 1 saturated carbocycles. The van der Waals surface area contributed by atoms with Crippen LogP contribution in [-0.4, -0.2) is 35.0 Å². The van der Waals surface area contributed by atoms with Crippen molar-refractivity contribution in [3.05, 3.63) is 22.4 Å². The average Bonchev–Trinajstić information content (AvgIpc) is 3.03. The molecule has 1 amide bonds. The van der Waals surface area contributed by atoms with E-state index < -0.39 is 11.9 Å². The molecule has 0 aromatic carbocycles. The number of carbonyl (C=O) groups is 2. The van der Waals surface area contributed by atoms with Gasteiger partial charge in [-0.2, -0.15) is 0 Å². The second-order valence-electron chi connectivity index (χ2n) is 4.94. The molecule has 4 nitrogen and oxygen atoms in total. The van der Waals surface area contributed by atoms with E-state index in [1.54, 1.807) is 11.3 Å². The van der Waals surface area contributed by atoms with E-state index in [-0.39, 0.29) is 11.8 Å². The van der Waals surface area contributed by atoms with Crippen molar-refractivity contribution in [1.29, 1.82) is 0 Å². The van der Waals surface area contributed by atoms with Crippen molar-refractivity contribution < 1.29 is 14.7 Å². The lowest BCUT2D eigenvalue weighted by Crippen LogP contribution is -2.35. The fourth-order valence-corrected chi connectivity index (χ4v) is 2.98. The molecule has 0 aliphatic heterocycles. The molecule has 1 N–H and O–H groups in total. The highest BCUT2D eigenvalue weighted by Crippen LogP contribution is 2.40. The minimum absolute atomic E-state index is 0.0193. The zero-order valence-corrected chi connectivity index (χ0v) is 11.9. The maximum Gasteiger partial charge on any atom is 0.307 e. The second-order valence-corrected chi connectivity index (χ2v) is 5.97. The lowest BCUT2D eigenvalue weighted by molar-refractivity contribution is -0.142. The number of hydrogen-bond acceptors (Lipinski definition) is 3. The van der Waals surface area contributed by atoms with Crippen LogP contribution < -0.4 is 0 Å². The Hall–Kier alpha value is -1.36. The summed E-state index contributed by atoms with van der Waals surface area (Å²) >= 11 is 1.69. The van der Waals surface area contributed by atoms with Crippen LogP contribution in [0.3, 0.4) is 0 Å². The lowest BCUT2D eigenvalue weighted by Gasteiger charge is -2.22. The van der Waals surface area contributed by atoms with Gasteiger partial charge in [0.2, 0.25) is 5.91 Å². The van der Waals surface area contributed by atoms with Gasteiger partial charge in [0, 0.05) is 18.0 Å². The van der Waals surface area contributed by atoms with E-state index in [0.717, 1.165) is 12.8 Å². The average molecular weight is 281 g/mol. The summed E-state index contributed by atoms with van der Waals surface area (Å²) in [6, 6.07) is 4.07. The zero-order chi connectivity index (χ0) is 13.8. The minimum atomic E-state index is -0.840. The quantitative estimate of drug-likeness (QED) is 0.834. The smallest absolute Gasteiger partial charge is 0.307 e. The molecule has 5 heteroatoms. The highest BCUT2D eigenvalue weighted by atomic mass is 32.1. The van der Waals surface area contributed by atoms with Crippen LogP contribution in [0.1, 0.15) is 24.6 Å². The Kier molecular flexibility index (Phi) is 4.58. The van der Waals surface area contributed by atoms with Crippen molar-refractivity contribution in [1.82, 2.24) is 4.90 Å². The van der Waals surface area contributed by atoms with Crippen LogP contribution in [0, 0.1) is 11.8 Å². The second kappa shape index (κ2) is 6.19. The first-order chi connectivity index (χ1) is 9.13. The molecule has 0 radical (unpaired) electrons. The van der Waals surface area contributed by atoms with Crippen molar-refractivity contribution in [2.24, 2.45) is 11.8 Å².